The van der Waals surface area contributed by atoms with Crippen molar-refractivity contribution in [2.24, 2.45) is 7.05 Å². The van der Waals surface area contributed by atoms with Gasteiger partial charge in [0.15, 0.2) is 11.0 Å². The van der Waals surface area contributed by atoms with Gasteiger partial charge in [-0.15, -0.1) is 0 Å². The molecule has 0 aliphatic rings. The summed E-state index contributed by atoms with van der Waals surface area (Å²) in [6.07, 6.45) is 0. The van der Waals surface area contributed by atoms with Gasteiger partial charge in [0, 0.05) is 23.7 Å². The van der Waals surface area contributed by atoms with E-state index in [0.717, 1.165) is 16.8 Å². The van der Waals surface area contributed by atoms with Gasteiger partial charge in [-0.2, -0.15) is 5.10 Å². The molecule has 0 bridgehead atoms. The van der Waals surface area contributed by atoms with Crippen LogP contribution in [-0.2, 0) is 7.05 Å². The number of para-hydroxylation sites is 1. The quantitative estimate of drug-likeness (QED) is 0.566. The van der Waals surface area contributed by atoms with Crippen molar-refractivity contribution in [3.05, 3.63) is 81.1 Å². The first-order chi connectivity index (χ1) is 13.9. The lowest BCUT2D eigenvalue weighted by Crippen LogP contribution is -2.17. The first kappa shape index (κ1) is 18.7. The summed E-state index contributed by atoms with van der Waals surface area (Å²) in [4.78, 5) is 26.0. The van der Waals surface area contributed by atoms with E-state index in [9.17, 15) is 9.59 Å². The highest BCUT2D eigenvalue weighted by Gasteiger charge is 2.20. The predicted octanol–water partition coefficient (Wildman–Crippen LogP) is 4.37. The van der Waals surface area contributed by atoms with E-state index in [-0.39, 0.29) is 16.9 Å². The molecule has 2 heterocycles. The van der Waals surface area contributed by atoms with Crippen LogP contribution in [0.25, 0.3) is 22.3 Å². The molecule has 0 aliphatic carbocycles. The van der Waals surface area contributed by atoms with Crippen molar-refractivity contribution in [3.63, 3.8) is 0 Å². The van der Waals surface area contributed by atoms with Gasteiger partial charge in [-0.25, -0.2) is 0 Å². The third-order valence-corrected chi connectivity index (χ3v) is 5.18. The number of fused-ring (bicyclic) bond motifs is 1. The van der Waals surface area contributed by atoms with Crippen LogP contribution in [0.5, 0.6) is 0 Å². The zero-order valence-corrected chi connectivity index (χ0v) is 16.7. The molecule has 0 unspecified atom stereocenters. The maximum absolute atomic E-state index is 13.1. The minimum Gasteiger partial charge on any atom is -0.455 e. The molecule has 0 saturated carbocycles. The molecule has 0 saturated heterocycles. The Labute approximate surface area is 167 Å². The molecule has 4 rings (SSSR count). The van der Waals surface area contributed by atoms with E-state index in [4.69, 9.17) is 4.42 Å². The number of carbonyl (C=O) groups is 1. The van der Waals surface area contributed by atoms with Crippen molar-refractivity contribution >= 4 is 22.7 Å². The van der Waals surface area contributed by atoms with Gasteiger partial charge in [0.2, 0.25) is 0 Å². The van der Waals surface area contributed by atoms with E-state index < -0.39 is 0 Å². The Balaban J connectivity index is 1.88. The molecule has 4 aromatic rings. The molecule has 0 spiro atoms. The fraction of sp³-hybridized carbons (Fsp3) is 0.174. The molecule has 6 nitrogen and oxygen atoms in total. The lowest BCUT2D eigenvalue weighted by atomic mass is 10.0. The van der Waals surface area contributed by atoms with Crippen molar-refractivity contribution in [3.8, 4) is 11.3 Å². The summed E-state index contributed by atoms with van der Waals surface area (Å²) >= 11 is 0. The minimum absolute atomic E-state index is 0.146. The number of rotatable bonds is 3. The molecule has 0 fully saturated rings. The average molecular weight is 387 g/mol. The number of benzene rings is 2. The van der Waals surface area contributed by atoms with E-state index in [1.807, 2.05) is 44.2 Å². The second-order valence-corrected chi connectivity index (χ2v) is 7.07. The van der Waals surface area contributed by atoms with Crippen molar-refractivity contribution in [2.75, 3.05) is 5.32 Å². The van der Waals surface area contributed by atoms with Gasteiger partial charge in [0.05, 0.1) is 16.6 Å². The van der Waals surface area contributed by atoms with E-state index in [2.05, 4.69) is 10.4 Å². The van der Waals surface area contributed by atoms with Gasteiger partial charge in [0.25, 0.3) is 5.91 Å². The maximum Gasteiger partial charge on any atom is 0.260 e. The standard InChI is InChI=1S/C23H21N3O3/c1-13-15(3)25-26(4)22(13)24-23(28)18-12-8-11-17-19(27)14(2)20(29-21(17)18)16-9-6-5-7-10-16/h5-12H,1-4H3,(H,24,28). The highest BCUT2D eigenvalue weighted by molar-refractivity contribution is 6.11. The topological polar surface area (TPSA) is 77.1 Å². The van der Waals surface area contributed by atoms with Crippen LogP contribution in [0.2, 0.25) is 0 Å². The molecule has 29 heavy (non-hydrogen) atoms. The van der Waals surface area contributed by atoms with Crippen LogP contribution >= 0.6 is 0 Å². The van der Waals surface area contributed by atoms with E-state index in [0.29, 0.717) is 28.1 Å². The van der Waals surface area contributed by atoms with E-state index >= 15 is 0 Å². The van der Waals surface area contributed by atoms with Crippen LogP contribution < -0.4 is 10.7 Å². The molecule has 0 aliphatic heterocycles. The highest BCUT2D eigenvalue weighted by Crippen LogP contribution is 2.28. The third-order valence-electron chi connectivity index (χ3n) is 5.18. The van der Waals surface area contributed by atoms with Crippen LogP contribution in [0.1, 0.15) is 27.2 Å². The number of amides is 1. The molecule has 0 radical (unpaired) electrons. The van der Waals surface area contributed by atoms with E-state index in [1.54, 1.807) is 36.9 Å². The zero-order valence-electron chi connectivity index (χ0n) is 16.7. The molecule has 1 amide bonds. The maximum atomic E-state index is 13.1. The molecular weight excluding hydrogens is 366 g/mol. The van der Waals surface area contributed by atoms with Crippen LogP contribution in [0.3, 0.4) is 0 Å². The summed E-state index contributed by atoms with van der Waals surface area (Å²) in [5.74, 6) is 0.728. The number of carbonyl (C=O) groups excluding carboxylic acids is 1. The van der Waals surface area contributed by atoms with Gasteiger partial charge < -0.3 is 9.73 Å². The van der Waals surface area contributed by atoms with Crippen molar-refractivity contribution in [1.29, 1.82) is 0 Å². The monoisotopic (exact) mass is 387 g/mol. The summed E-state index contributed by atoms with van der Waals surface area (Å²) in [5.41, 5.74) is 3.47. The number of anilines is 1. The predicted molar refractivity (Wildman–Crippen MR) is 113 cm³/mol. The Morgan fingerprint density at radius 3 is 2.38 bits per heavy atom. The first-order valence-electron chi connectivity index (χ1n) is 9.32. The van der Waals surface area contributed by atoms with Gasteiger partial charge >= 0.3 is 0 Å². The smallest absolute Gasteiger partial charge is 0.260 e. The normalized spacial score (nSPS) is 11.0. The zero-order chi connectivity index (χ0) is 20.7. The van der Waals surface area contributed by atoms with Crippen molar-refractivity contribution < 1.29 is 9.21 Å². The molecule has 6 heteroatoms. The highest BCUT2D eigenvalue weighted by atomic mass is 16.3. The Hall–Kier alpha value is -3.67. The number of aromatic nitrogens is 2. The van der Waals surface area contributed by atoms with Gasteiger partial charge in [0.1, 0.15) is 11.6 Å². The SMILES string of the molecule is Cc1nn(C)c(NC(=O)c2cccc3c(=O)c(C)c(-c4ccccc4)oc23)c1C. The summed E-state index contributed by atoms with van der Waals surface area (Å²) in [7, 11) is 1.77. The first-order valence-corrected chi connectivity index (χ1v) is 9.32. The van der Waals surface area contributed by atoms with Crippen LogP contribution in [0.4, 0.5) is 5.82 Å². The Morgan fingerprint density at radius 2 is 1.72 bits per heavy atom. The second-order valence-electron chi connectivity index (χ2n) is 7.07. The number of nitrogens with one attached hydrogen (secondary N) is 1. The fourth-order valence-electron chi connectivity index (χ4n) is 3.47. The molecule has 0 atom stereocenters. The van der Waals surface area contributed by atoms with E-state index in [1.165, 1.54) is 0 Å². The summed E-state index contributed by atoms with van der Waals surface area (Å²) < 4.78 is 7.76. The number of nitrogens with zero attached hydrogens (tertiary/aromatic N) is 2. The van der Waals surface area contributed by atoms with Gasteiger partial charge in [-0.05, 0) is 32.9 Å². The Morgan fingerprint density at radius 1 is 1.00 bits per heavy atom. The Kier molecular flexibility index (Phi) is 4.54. The van der Waals surface area contributed by atoms with Gasteiger partial charge in [-0.3, -0.25) is 14.3 Å². The molecule has 146 valence electrons. The van der Waals surface area contributed by atoms with Crippen LogP contribution in [0, 0.1) is 20.8 Å². The molecule has 2 aromatic carbocycles. The summed E-state index contributed by atoms with van der Waals surface area (Å²) in [6.45, 7) is 5.52. The third kappa shape index (κ3) is 3.12. The van der Waals surface area contributed by atoms with Crippen LogP contribution in [0.15, 0.2) is 57.7 Å². The Bertz CT molecular complexity index is 1300. The second kappa shape index (κ2) is 7.05. The number of hydrogen-bond acceptors (Lipinski definition) is 4. The largest absolute Gasteiger partial charge is 0.455 e. The minimum atomic E-state index is -0.354. The number of hydrogen-bond donors (Lipinski definition) is 1. The number of aryl methyl sites for hydroxylation is 2. The average Bonchev–Trinajstić information content (AvgIpc) is 2.96. The molecular formula is C23H21N3O3. The summed E-state index contributed by atoms with van der Waals surface area (Å²) in [6, 6.07) is 14.4. The van der Waals surface area contributed by atoms with Crippen molar-refractivity contribution in [2.45, 2.75) is 20.8 Å². The lowest BCUT2D eigenvalue weighted by molar-refractivity contribution is 0.102. The van der Waals surface area contributed by atoms with Gasteiger partial charge in [-0.1, -0.05) is 36.4 Å². The molecule has 1 N–H and O–H groups in total. The fourth-order valence-corrected chi connectivity index (χ4v) is 3.47. The molecule has 2 aromatic heterocycles. The van der Waals surface area contributed by atoms with Crippen LogP contribution in [-0.4, -0.2) is 15.7 Å². The lowest BCUT2D eigenvalue weighted by Gasteiger charge is -2.11. The van der Waals surface area contributed by atoms with Crippen molar-refractivity contribution in [1.82, 2.24) is 9.78 Å². The summed E-state index contributed by atoms with van der Waals surface area (Å²) in [5, 5.41) is 7.61.